The number of hydrogen-bond donors (Lipinski definition) is 1. The van der Waals surface area contributed by atoms with E-state index in [1.165, 1.54) is 12.1 Å². The molecule has 0 unspecified atom stereocenters. The Balaban J connectivity index is 1.36. The van der Waals surface area contributed by atoms with Crippen molar-refractivity contribution in [3.05, 3.63) is 78.4 Å². The van der Waals surface area contributed by atoms with Crippen molar-refractivity contribution in [2.45, 2.75) is 19.1 Å². The quantitative estimate of drug-likeness (QED) is 0.410. The van der Waals surface area contributed by atoms with E-state index in [1.807, 2.05) is 48.1 Å². The van der Waals surface area contributed by atoms with Crippen molar-refractivity contribution in [1.29, 1.82) is 0 Å². The Hall–Kier alpha value is -3.53. The zero-order valence-electron chi connectivity index (χ0n) is 20.7. The highest BCUT2D eigenvalue weighted by molar-refractivity contribution is 5.79. The molecule has 1 fully saturated rings. The predicted octanol–water partition coefficient (Wildman–Crippen LogP) is 4.15. The number of ether oxygens (including phenoxy) is 2. The molecule has 1 aliphatic rings. The predicted molar refractivity (Wildman–Crippen MR) is 132 cm³/mol. The molecule has 0 bridgehead atoms. The van der Waals surface area contributed by atoms with E-state index in [9.17, 15) is 18.0 Å². The zero-order chi connectivity index (χ0) is 26.3. The minimum atomic E-state index is -4.43. The number of imidazole rings is 1. The van der Waals surface area contributed by atoms with Crippen LogP contribution in [-0.2, 0) is 24.6 Å². The van der Waals surface area contributed by atoms with Crippen molar-refractivity contribution in [1.82, 2.24) is 19.8 Å². The maximum absolute atomic E-state index is 13.1. The molecule has 2 aromatic carbocycles. The Kier molecular flexibility index (Phi) is 8.70. The number of rotatable bonds is 10. The largest absolute Gasteiger partial charge is 0.493 e. The molecule has 2 heterocycles. The standard InChI is InChI=1S/C27H31F3N4O3/c1-33-12-10-31-25(33)18-34-16-20(19-37-24-9-5-6-22(15-24)27(28,29)30)14-21(17-34)26(35)32-11-13-36-23-7-3-2-4-8-23/h2-10,12,15,20-21H,11,13-14,16-19H2,1H3,(H,32,35)/t20-,21+/m0/s1. The number of aromatic nitrogens is 2. The van der Waals surface area contributed by atoms with Gasteiger partial charge in [0.15, 0.2) is 0 Å². The number of para-hydroxylation sites is 1. The molecule has 2 atom stereocenters. The summed E-state index contributed by atoms with van der Waals surface area (Å²) in [5, 5.41) is 2.95. The maximum atomic E-state index is 13.1. The highest BCUT2D eigenvalue weighted by Gasteiger charge is 2.33. The molecule has 7 nitrogen and oxygen atoms in total. The first-order chi connectivity index (χ1) is 17.8. The highest BCUT2D eigenvalue weighted by Crippen LogP contribution is 2.32. The number of carbonyl (C=O) groups is 1. The summed E-state index contributed by atoms with van der Waals surface area (Å²) >= 11 is 0. The Morgan fingerprint density at radius 1 is 1.08 bits per heavy atom. The van der Waals surface area contributed by atoms with Crippen molar-refractivity contribution in [2.75, 3.05) is 32.8 Å². The number of benzene rings is 2. The number of hydrogen-bond acceptors (Lipinski definition) is 5. The zero-order valence-corrected chi connectivity index (χ0v) is 20.7. The number of halogens is 3. The second kappa shape index (κ2) is 12.1. The van der Waals surface area contributed by atoms with Crippen molar-refractivity contribution in [2.24, 2.45) is 18.9 Å². The number of likely N-dealkylation sites (tertiary alicyclic amines) is 1. The van der Waals surface area contributed by atoms with E-state index in [0.717, 1.165) is 23.7 Å². The maximum Gasteiger partial charge on any atom is 0.416 e. The molecule has 0 radical (unpaired) electrons. The minimum Gasteiger partial charge on any atom is -0.493 e. The number of carbonyl (C=O) groups excluding carboxylic acids is 1. The van der Waals surface area contributed by atoms with E-state index in [4.69, 9.17) is 9.47 Å². The van der Waals surface area contributed by atoms with Gasteiger partial charge in [0.2, 0.25) is 5.91 Å². The number of aryl methyl sites for hydroxylation is 1. The number of nitrogens with zero attached hydrogens (tertiary/aromatic N) is 3. The van der Waals surface area contributed by atoms with Crippen LogP contribution in [-0.4, -0.2) is 53.2 Å². The summed E-state index contributed by atoms with van der Waals surface area (Å²) in [4.78, 5) is 19.6. The lowest BCUT2D eigenvalue weighted by Crippen LogP contribution is -2.48. The Labute approximate surface area is 214 Å². The van der Waals surface area contributed by atoms with Gasteiger partial charge in [-0.3, -0.25) is 9.69 Å². The highest BCUT2D eigenvalue weighted by atomic mass is 19.4. The molecule has 1 amide bonds. The van der Waals surface area contributed by atoms with Crippen LogP contribution in [0.3, 0.4) is 0 Å². The van der Waals surface area contributed by atoms with E-state index in [1.54, 1.807) is 6.20 Å². The van der Waals surface area contributed by atoms with Gasteiger partial charge in [0.1, 0.15) is 23.9 Å². The van der Waals surface area contributed by atoms with Crippen molar-refractivity contribution < 1.29 is 27.4 Å². The molecule has 4 rings (SSSR count). The van der Waals surface area contributed by atoms with Crippen LogP contribution >= 0.6 is 0 Å². The van der Waals surface area contributed by atoms with Gasteiger partial charge in [0, 0.05) is 38.4 Å². The van der Waals surface area contributed by atoms with Gasteiger partial charge in [0.25, 0.3) is 0 Å². The summed E-state index contributed by atoms with van der Waals surface area (Å²) in [6.07, 6.45) is -0.271. The molecular weight excluding hydrogens is 485 g/mol. The second-order valence-electron chi connectivity index (χ2n) is 9.24. The van der Waals surface area contributed by atoms with E-state index >= 15 is 0 Å². The summed E-state index contributed by atoms with van der Waals surface area (Å²) in [6.45, 7) is 2.69. The molecule has 0 spiro atoms. The first-order valence-corrected chi connectivity index (χ1v) is 12.2. The summed E-state index contributed by atoms with van der Waals surface area (Å²) in [7, 11) is 1.91. The summed E-state index contributed by atoms with van der Waals surface area (Å²) in [5.41, 5.74) is -0.750. The van der Waals surface area contributed by atoms with Gasteiger partial charge in [-0.2, -0.15) is 13.2 Å². The Bertz CT molecular complexity index is 1150. The Morgan fingerprint density at radius 2 is 1.86 bits per heavy atom. The molecule has 1 aromatic heterocycles. The summed E-state index contributed by atoms with van der Waals surface area (Å²) in [6, 6.07) is 14.3. The second-order valence-corrected chi connectivity index (χ2v) is 9.24. The summed E-state index contributed by atoms with van der Waals surface area (Å²) < 4.78 is 52.6. The molecule has 1 N–H and O–H groups in total. The minimum absolute atomic E-state index is 0.0418. The molecule has 37 heavy (non-hydrogen) atoms. The Morgan fingerprint density at radius 3 is 2.59 bits per heavy atom. The van der Waals surface area contributed by atoms with Crippen LogP contribution in [0, 0.1) is 11.8 Å². The molecule has 198 valence electrons. The van der Waals surface area contributed by atoms with Crippen LogP contribution in [0.15, 0.2) is 67.0 Å². The van der Waals surface area contributed by atoms with Crippen molar-refractivity contribution in [3.63, 3.8) is 0 Å². The third-order valence-corrected chi connectivity index (χ3v) is 6.33. The molecule has 0 aliphatic carbocycles. The molecule has 1 saturated heterocycles. The number of alkyl halides is 3. The molecular formula is C27H31F3N4O3. The van der Waals surface area contributed by atoms with Gasteiger partial charge >= 0.3 is 6.18 Å². The van der Waals surface area contributed by atoms with Crippen molar-refractivity contribution >= 4 is 5.91 Å². The number of piperidine rings is 1. The van der Waals surface area contributed by atoms with Gasteiger partial charge in [-0.25, -0.2) is 4.98 Å². The van der Waals surface area contributed by atoms with Crippen LogP contribution in [0.25, 0.3) is 0 Å². The topological polar surface area (TPSA) is 68.6 Å². The third-order valence-electron chi connectivity index (χ3n) is 6.33. The van der Waals surface area contributed by atoms with Crippen LogP contribution in [0.1, 0.15) is 17.8 Å². The first kappa shape index (κ1) is 26.5. The third kappa shape index (κ3) is 7.72. The average molecular weight is 517 g/mol. The molecule has 0 saturated carbocycles. The van der Waals surface area contributed by atoms with E-state index in [2.05, 4.69) is 15.2 Å². The normalized spacial score (nSPS) is 18.4. The van der Waals surface area contributed by atoms with Gasteiger partial charge in [0.05, 0.1) is 31.2 Å². The van der Waals surface area contributed by atoms with Crippen LogP contribution in [0.5, 0.6) is 11.5 Å². The lowest BCUT2D eigenvalue weighted by Gasteiger charge is -2.36. The fourth-order valence-electron chi connectivity index (χ4n) is 4.47. The fraction of sp³-hybridized carbons (Fsp3) is 0.407. The lowest BCUT2D eigenvalue weighted by atomic mass is 9.89. The summed E-state index contributed by atoms with van der Waals surface area (Å²) in [5.74, 6) is 1.36. The van der Waals surface area contributed by atoms with Crippen LogP contribution in [0.4, 0.5) is 13.2 Å². The first-order valence-electron chi connectivity index (χ1n) is 12.2. The lowest BCUT2D eigenvalue weighted by molar-refractivity contribution is -0.137. The SMILES string of the molecule is Cn1ccnc1CN1C[C@@H](COc2cccc(C(F)(F)F)c2)C[C@@H](C(=O)NCCOc2ccccc2)C1. The number of nitrogens with one attached hydrogen (secondary N) is 1. The van der Waals surface area contributed by atoms with E-state index < -0.39 is 11.7 Å². The van der Waals surface area contributed by atoms with Crippen molar-refractivity contribution in [3.8, 4) is 11.5 Å². The van der Waals surface area contributed by atoms with E-state index in [0.29, 0.717) is 39.2 Å². The fourth-order valence-corrected chi connectivity index (χ4v) is 4.47. The number of amides is 1. The van der Waals surface area contributed by atoms with E-state index in [-0.39, 0.29) is 30.1 Å². The van der Waals surface area contributed by atoms with Gasteiger partial charge in [-0.1, -0.05) is 24.3 Å². The van der Waals surface area contributed by atoms with Crippen LogP contribution in [0.2, 0.25) is 0 Å². The van der Waals surface area contributed by atoms with Crippen LogP contribution < -0.4 is 14.8 Å². The van der Waals surface area contributed by atoms with Gasteiger partial charge < -0.3 is 19.4 Å². The molecule has 1 aliphatic heterocycles. The molecule has 3 aromatic rings. The van der Waals surface area contributed by atoms with Gasteiger partial charge in [-0.05, 0) is 36.8 Å². The van der Waals surface area contributed by atoms with Gasteiger partial charge in [-0.15, -0.1) is 0 Å². The monoisotopic (exact) mass is 516 g/mol. The smallest absolute Gasteiger partial charge is 0.416 e. The average Bonchev–Trinajstić information content (AvgIpc) is 3.29. The molecule has 10 heteroatoms.